The third kappa shape index (κ3) is 3.83. The predicted molar refractivity (Wildman–Crippen MR) is 129 cm³/mol. The fourth-order valence-corrected chi connectivity index (χ4v) is 4.77. The summed E-state index contributed by atoms with van der Waals surface area (Å²) in [5.74, 6) is 0.111. The summed E-state index contributed by atoms with van der Waals surface area (Å²) in [4.78, 5) is 28.4. The van der Waals surface area contributed by atoms with Crippen molar-refractivity contribution in [2.45, 2.75) is 32.4 Å². The summed E-state index contributed by atoms with van der Waals surface area (Å²) in [6.45, 7) is 5.12. The number of halogens is 1. The van der Waals surface area contributed by atoms with Crippen LogP contribution in [0.15, 0.2) is 54.6 Å². The smallest absolute Gasteiger partial charge is 0.264 e. The summed E-state index contributed by atoms with van der Waals surface area (Å²) in [7, 11) is 0. The number of aliphatic hydroxyl groups is 1. The van der Waals surface area contributed by atoms with E-state index < -0.39 is 17.9 Å². The number of anilines is 1. The van der Waals surface area contributed by atoms with Gasteiger partial charge in [0.25, 0.3) is 5.91 Å². The van der Waals surface area contributed by atoms with Crippen LogP contribution in [0.3, 0.4) is 0 Å². The number of Topliss-reactive ketones (excluding diaryl/α,β-unsaturated/α-hetero) is 1. The lowest BCUT2D eigenvalue weighted by molar-refractivity contribution is -0.136. The Labute approximate surface area is 202 Å². The van der Waals surface area contributed by atoms with E-state index in [2.05, 4.69) is 6.07 Å². The van der Waals surface area contributed by atoms with Crippen molar-refractivity contribution in [3.05, 3.63) is 87.4 Å². The van der Waals surface area contributed by atoms with Gasteiger partial charge in [0, 0.05) is 16.1 Å². The maximum Gasteiger partial charge on any atom is 0.264 e. The topological polar surface area (TPSA) is 76.1 Å². The van der Waals surface area contributed by atoms with Crippen molar-refractivity contribution in [2.24, 2.45) is 0 Å². The zero-order valence-electron chi connectivity index (χ0n) is 18.9. The molecular formula is C27H24ClNO5. The molecule has 0 radical (unpaired) electrons. The van der Waals surface area contributed by atoms with Crippen LogP contribution in [0.5, 0.6) is 11.5 Å². The molecule has 1 amide bonds. The molecule has 34 heavy (non-hydrogen) atoms. The lowest BCUT2D eigenvalue weighted by Crippen LogP contribution is -2.41. The molecule has 2 aliphatic heterocycles. The van der Waals surface area contributed by atoms with E-state index >= 15 is 0 Å². The lowest BCUT2D eigenvalue weighted by Gasteiger charge is -2.24. The SMILES string of the molecule is Cc1ccc(CN2C(=O)C(O)(CC(=O)c3ccc4c(c3)OCCO4)c3cc(Cl)ccc32)c(C)c1. The molecule has 6 nitrogen and oxygen atoms in total. The average molecular weight is 478 g/mol. The first-order chi connectivity index (χ1) is 16.3. The number of aryl methyl sites for hydroxylation is 2. The summed E-state index contributed by atoms with van der Waals surface area (Å²) in [5.41, 5.74) is 2.33. The molecule has 0 bridgehead atoms. The number of nitrogens with zero attached hydrogens (tertiary/aromatic N) is 1. The van der Waals surface area contributed by atoms with E-state index in [1.54, 1.807) is 36.4 Å². The number of amides is 1. The normalized spacial score (nSPS) is 18.7. The first kappa shape index (κ1) is 22.4. The van der Waals surface area contributed by atoms with Crippen LogP contribution >= 0.6 is 11.6 Å². The average Bonchev–Trinajstić information content (AvgIpc) is 3.01. The Hall–Kier alpha value is -3.35. The highest BCUT2D eigenvalue weighted by Gasteiger charge is 2.51. The number of hydrogen-bond acceptors (Lipinski definition) is 5. The van der Waals surface area contributed by atoms with Crippen LogP contribution in [-0.2, 0) is 16.9 Å². The predicted octanol–water partition coefficient (Wildman–Crippen LogP) is 4.74. The molecule has 7 heteroatoms. The molecule has 0 saturated heterocycles. The number of carbonyl (C=O) groups excluding carboxylic acids is 2. The molecule has 0 saturated carbocycles. The molecule has 1 unspecified atom stereocenters. The van der Waals surface area contributed by atoms with Gasteiger partial charge < -0.3 is 19.5 Å². The summed E-state index contributed by atoms with van der Waals surface area (Å²) in [6, 6.07) is 15.8. The van der Waals surface area contributed by atoms with Crippen LogP contribution in [-0.4, -0.2) is 30.0 Å². The van der Waals surface area contributed by atoms with E-state index in [4.69, 9.17) is 21.1 Å². The van der Waals surface area contributed by atoms with Gasteiger partial charge >= 0.3 is 0 Å². The van der Waals surface area contributed by atoms with Crippen molar-refractivity contribution in [2.75, 3.05) is 18.1 Å². The third-order valence-corrected chi connectivity index (χ3v) is 6.64. The molecule has 174 valence electrons. The van der Waals surface area contributed by atoms with E-state index in [9.17, 15) is 14.7 Å². The number of benzene rings is 3. The molecule has 0 fully saturated rings. The summed E-state index contributed by atoms with van der Waals surface area (Å²) < 4.78 is 11.1. The van der Waals surface area contributed by atoms with Crippen molar-refractivity contribution >= 4 is 29.0 Å². The zero-order valence-corrected chi connectivity index (χ0v) is 19.7. The summed E-state index contributed by atoms with van der Waals surface area (Å²) in [5, 5.41) is 12.0. The van der Waals surface area contributed by atoms with Gasteiger partial charge in [0.15, 0.2) is 22.9 Å². The molecule has 0 spiro atoms. The fraction of sp³-hybridized carbons (Fsp3) is 0.259. The molecule has 2 heterocycles. The van der Waals surface area contributed by atoms with E-state index in [1.807, 2.05) is 26.0 Å². The number of carbonyl (C=O) groups is 2. The van der Waals surface area contributed by atoms with Crippen molar-refractivity contribution in [3.63, 3.8) is 0 Å². The van der Waals surface area contributed by atoms with Crippen molar-refractivity contribution < 1.29 is 24.2 Å². The maximum absolute atomic E-state index is 13.6. The molecule has 1 atom stereocenters. The summed E-state index contributed by atoms with van der Waals surface area (Å²) in [6.07, 6.45) is -0.414. The Morgan fingerprint density at radius 1 is 1.03 bits per heavy atom. The minimum Gasteiger partial charge on any atom is -0.486 e. The van der Waals surface area contributed by atoms with Gasteiger partial charge in [-0.1, -0.05) is 35.4 Å². The molecule has 5 rings (SSSR count). The quantitative estimate of drug-likeness (QED) is 0.537. The number of rotatable bonds is 5. The van der Waals surface area contributed by atoms with Crippen LogP contribution in [0.1, 0.15) is 39.0 Å². The maximum atomic E-state index is 13.6. The fourth-order valence-electron chi connectivity index (χ4n) is 4.60. The number of ketones is 1. The van der Waals surface area contributed by atoms with Crippen molar-refractivity contribution in [1.82, 2.24) is 0 Å². The van der Waals surface area contributed by atoms with E-state index in [-0.39, 0.29) is 12.3 Å². The third-order valence-electron chi connectivity index (χ3n) is 6.40. The van der Waals surface area contributed by atoms with Gasteiger partial charge in [0.2, 0.25) is 0 Å². The Balaban J connectivity index is 1.48. The highest BCUT2D eigenvalue weighted by molar-refractivity contribution is 6.31. The minimum atomic E-state index is -2.02. The van der Waals surface area contributed by atoms with Crippen LogP contribution in [0.2, 0.25) is 5.02 Å². The number of hydrogen-bond donors (Lipinski definition) is 1. The van der Waals surface area contributed by atoms with E-state index in [1.165, 1.54) is 4.90 Å². The van der Waals surface area contributed by atoms with Gasteiger partial charge in [0.1, 0.15) is 13.2 Å². The van der Waals surface area contributed by atoms with Gasteiger partial charge in [-0.25, -0.2) is 0 Å². The second-order valence-electron chi connectivity index (χ2n) is 8.80. The zero-order chi connectivity index (χ0) is 24.0. The van der Waals surface area contributed by atoms with Crippen LogP contribution < -0.4 is 14.4 Å². The minimum absolute atomic E-state index is 0.278. The molecule has 3 aromatic carbocycles. The van der Waals surface area contributed by atoms with E-state index in [0.29, 0.717) is 46.5 Å². The molecule has 0 aliphatic carbocycles. The lowest BCUT2D eigenvalue weighted by atomic mass is 9.88. The molecule has 3 aromatic rings. The Bertz CT molecular complexity index is 1320. The highest BCUT2D eigenvalue weighted by Crippen LogP contribution is 2.45. The van der Waals surface area contributed by atoms with Gasteiger partial charge in [-0.3, -0.25) is 9.59 Å². The monoisotopic (exact) mass is 477 g/mol. The van der Waals surface area contributed by atoms with Crippen molar-refractivity contribution in [3.8, 4) is 11.5 Å². The van der Waals surface area contributed by atoms with Crippen LogP contribution in [0, 0.1) is 13.8 Å². The number of fused-ring (bicyclic) bond motifs is 2. The molecule has 1 N–H and O–H groups in total. The van der Waals surface area contributed by atoms with Crippen LogP contribution in [0.4, 0.5) is 5.69 Å². The largest absolute Gasteiger partial charge is 0.486 e. The van der Waals surface area contributed by atoms with E-state index in [0.717, 1.165) is 16.7 Å². The second kappa shape index (κ2) is 8.46. The Kier molecular flexibility index (Phi) is 5.58. The van der Waals surface area contributed by atoms with Crippen molar-refractivity contribution in [1.29, 1.82) is 0 Å². The van der Waals surface area contributed by atoms with Gasteiger partial charge in [-0.15, -0.1) is 0 Å². The molecule has 0 aromatic heterocycles. The van der Waals surface area contributed by atoms with Gasteiger partial charge in [-0.05, 0) is 61.4 Å². The Morgan fingerprint density at radius 3 is 2.56 bits per heavy atom. The first-order valence-electron chi connectivity index (χ1n) is 11.1. The van der Waals surface area contributed by atoms with Gasteiger partial charge in [-0.2, -0.15) is 0 Å². The Morgan fingerprint density at radius 2 is 1.79 bits per heavy atom. The standard InChI is InChI=1S/C27H24ClNO5/c1-16-3-4-19(17(2)11-16)15-29-22-7-6-20(28)13-21(22)27(32,26(29)31)14-23(30)18-5-8-24-25(12-18)34-10-9-33-24/h3-8,11-13,32H,9-10,14-15H2,1-2H3. The molecular weight excluding hydrogens is 454 g/mol. The van der Waals surface area contributed by atoms with Gasteiger partial charge in [0.05, 0.1) is 18.7 Å². The number of ether oxygens (including phenoxy) is 2. The highest BCUT2D eigenvalue weighted by atomic mass is 35.5. The second-order valence-corrected chi connectivity index (χ2v) is 9.24. The first-order valence-corrected chi connectivity index (χ1v) is 11.5. The summed E-state index contributed by atoms with van der Waals surface area (Å²) >= 11 is 6.23. The van der Waals surface area contributed by atoms with Crippen LogP contribution in [0.25, 0.3) is 0 Å². The molecule has 2 aliphatic rings.